The first-order valence-corrected chi connectivity index (χ1v) is 11.6. The zero-order chi connectivity index (χ0) is 26.5. The number of piperidine rings is 1. The summed E-state index contributed by atoms with van der Waals surface area (Å²) in [4.78, 5) is 34.5. The summed E-state index contributed by atoms with van der Waals surface area (Å²) in [6.07, 6.45) is 7.88. The second-order valence-corrected chi connectivity index (χ2v) is 8.55. The van der Waals surface area contributed by atoms with Crippen molar-refractivity contribution >= 4 is 35.0 Å². The van der Waals surface area contributed by atoms with Crippen molar-refractivity contribution in [1.82, 2.24) is 24.6 Å². The van der Waals surface area contributed by atoms with Crippen molar-refractivity contribution in [2.75, 3.05) is 30.8 Å². The summed E-state index contributed by atoms with van der Waals surface area (Å²) in [5.74, 6) is 0.00646. The summed E-state index contributed by atoms with van der Waals surface area (Å²) in [6, 6.07) is 5.40. The van der Waals surface area contributed by atoms with E-state index < -0.39 is 5.91 Å². The van der Waals surface area contributed by atoms with Crippen LogP contribution in [0.3, 0.4) is 0 Å². The van der Waals surface area contributed by atoms with Gasteiger partial charge in [-0.1, -0.05) is 6.58 Å². The van der Waals surface area contributed by atoms with Gasteiger partial charge in [0, 0.05) is 31.5 Å². The molecule has 1 saturated heterocycles. The van der Waals surface area contributed by atoms with Gasteiger partial charge < -0.3 is 26.0 Å². The number of aryl methyl sites for hydroxylation is 1. The number of carbonyl (C=O) groups excluding carboxylic acids is 2. The summed E-state index contributed by atoms with van der Waals surface area (Å²) in [5, 5.41) is 19.9. The zero-order valence-corrected chi connectivity index (χ0v) is 20.6. The van der Waals surface area contributed by atoms with Crippen LogP contribution in [-0.2, 0) is 4.79 Å². The van der Waals surface area contributed by atoms with Gasteiger partial charge >= 0.3 is 0 Å². The van der Waals surface area contributed by atoms with Crippen LogP contribution in [0.25, 0.3) is 0 Å². The van der Waals surface area contributed by atoms with Crippen molar-refractivity contribution in [3.63, 3.8) is 0 Å². The number of methoxy groups -OCH3 is 1. The van der Waals surface area contributed by atoms with Crippen LogP contribution in [0, 0.1) is 18.3 Å². The first-order valence-electron chi connectivity index (χ1n) is 11.6. The molecule has 1 aliphatic heterocycles. The fraction of sp³-hybridized carbons (Fsp3) is 0.280. The molecule has 0 aliphatic carbocycles. The third-order valence-electron chi connectivity index (χ3n) is 6.06. The summed E-state index contributed by atoms with van der Waals surface area (Å²) < 4.78 is 7.24. The molecule has 3 aromatic rings. The van der Waals surface area contributed by atoms with Crippen molar-refractivity contribution in [2.24, 2.45) is 5.73 Å². The average Bonchev–Trinajstić information content (AvgIpc) is 3.37. The molecule has 3 heterocycles. The summed E-state index contributed by atoms with van der Waals surface area (Å²) in [5.41, 5.74) is 7.97. The van der Waals surface area contributed by atoms with Crippen molar-refractivity contribution in [3.05, 3.63) is 60.1 Å². The molecule has 1 atom stereocenters. The number of likely N-dealkylation sites (tertiary alicyclic amines) is 1. The molecule has 0 unspecified atom stereocenters. The van der Waals surface area contributed by atoms with E-state index in [1.807, 2.05) is 10.9 Å². The summed E-state index contributed by atoms with van der Waals surface area (Å²) in [7, 11) is 1.49. The molecule has 12 heteroatoms. The molecule has 4 rings (SSSR count). The molecule has 190 valence electrons. The molecular weight excluding hydrogens is 474 g/mol. The predicted molar refractivity (Wildman–Crippen MR) is 137 cm³/mol. The van der Waals surface area contributed by atoms with Gasteiger partial charge in [-0.2, -0.15) is 15.3 Å². The highest BCUT2D eigenvalue weighted by Gasteiger charge is 2.24. The Kier molecular flexibility index (Phi) is 7.34. The SMILES string of the molecule is C=CC(=O)N1CCC[C@H](n2cc(Nc3ncc(C(N)=O)c(Nc4c(C)cc(C#N)cc4OC)n3)cn2)C1. The first-order chi connectivity index (χ1) is 17.8. The lowest BCUT2D eigenvalue weighted by Gasteiger charge is -2.32. The largest absolute Gasteiger partial charge is 0.495 e. The van der Waals surface area contributed by atoms with Crippen LogP contribution in [0.1, 0.15) is 40.4 Å². The number of ether oxygens (including phenoxy) is 1. The van der Waals surface area contributed by atoms with Crippen LogP contribution in [-0.4, -0.2) is 56.7 Å². The molecule has 0 bridgehead atoms. The predicted octanol–water partition coefficient (Wildman–Crippen LogP) is 2.80. The number of hydrogen-bond acceptors (Lipinski definition) is 9. The minimum Gasteiger partial charge on any atom is -0.495 e. The highest BCUT2D eigenvalue weighted by molar-refractivity contribution is 5.98. The van der Waals surface area contributed by atoms with Crippen LogP contribution < -0.4 is 21.1 Å². The Morgan fingerprint density at radius 3 is 2.84 bits per heavy atom. The molecule has 2 amide bonds. The number of nitrogens with two attached hydrogens (primary N) is 1. The molecule has 2 aromatic heterocycles. The maximum Gasteiger partial charge on any atom is 0.254 e. The van der Waals surface area contributed by atoms with Crippen molar-refractivity contribution in [1.29, 1.82) is 5.26 Å². The highest BCUT2D eigenvalue weighted by Crippen LogP contribution is 2.33. The Bertz CT molecular complexity index is 1390. The number of nitrogens with zero attached hydrogens (tertiary/aromatic N) is 6. The maximum absolute atomic E-state index is 12.1. The third-order valence-corrected chi connectivity index (χ3v) is 6.06. The Balaban J connectivity index is 1.57. The van der Waals surface area contributed by atoms with Gasteiger partial charge in [0.1, 0.15) is 17.1 Å². The molecule has 1 fully saturated rings. The van der Waals surface area contributed by atoms with E-state index in [9.17, 15) is 14.9 Å². The Hall–Kier alpha value is -4.92. The van der Waals surface area contributed by atoms with Crippen molar-refractivity contribution in [2.45, 2.75) is 25.8 Å². The molecule has 12 nitrogen and oxygen atoms in total. The maximum atomic E-state index is 12.1. The van der Waals surface area contributed by atoms with Crippen LogP contribution in [0.15, 0.2) is 43.4 Å². The third kappa shape index (κ3) is 5.51. The van der Waals surface area contributed by atoms with E-state index in [-0.39, 0.29) is 29.3 Å². The van der Waals surface area contributed by atoms with Crippen molar-refractivity contribution in [3.8, 4) is 11.8 Å². The standard InChI is InChI=1S/C25H27N9O3/c1-4-21(35)33-7-5-6-18(14-33)34-13-17(11-29-34)30-25-28-12-19(23(27)36)24(32-25)31-22-15(2)8-16(10-26)9-20(22)37-3/h4,8-9,11-13,18H,1,5-7,14H2,2-3H3,(H2,27,36)(H2,28,30,31,32)/t18-/m0/s1. The number of rotatable bonds is 8. The lowest BCUT2D eigenvalue weighted by atomic mass is 10.1. The normalized spacial score (nSPS) is 14.9. The first kappa shape index (κ1) is 25.2. The van der Waals surface area contributed by atoms with E-state index in [0.29, 0.717) is 35.8 Å². The number of primary amides is 1. The second kappa shape index (κ2) is 10.8. The van der Waals surface area contributed by atoms with E-state index in [1.54, 1.807) is 30.2 Å². The van der Waals surface area contributed by atoms with Crippen molar-refractivity contribution < 1.29 is 14.3 Å². The summed E-state index contributed by atoms with van der Waals surface area (Å²) in [6.45, 7) is 6.62. The molecule has 0 radical (unpaired) electrons. The van der Waals surface area contributed by atoms with E-state index >= 15 is 0 Å². The number of hydrogen-bond donors (Lipinski definition) is 3. The minimum absolute atomic E-state index is 0.0374. The van der Waals surface area contributed by atoms with Gasteiger partial charge in [0.05, 0.1) is 42.4 Å². The number of amides is 2. The fourth-order valence-electron chi connectivity index (χ4n) is 4.21. The number of carbonyl (C=O) groups is 2. The number of benzene rings is 1. The molecule has 1 aromatic carbocycles. The average molecular weight is 502 g/mol. The van der Waals surface area contributed by atoms with Crippen LogP contribution in [0.4, 0.5) is 23.1 Å². The molecule has 37 heavy (non-hydrogen) atoms. The van der Waals surface area contributed by atoms with Gasteiger partial charge in [0.2, 0.25) is 11.9 Å². The Labute approximate surface area is 213 Å². The number of nitriles is 1. The zero-order valence-electron chi connectivity index (χ0n) is 20.6. The topological polar surface area (TPSA) is 164 Å². The monoisotopic (exact) mass is 501 g/mol. The molecule has 0 saturated carbocycles. The van der Waals surface area contributed by atoms with Crippen LogP contribution >= 0.6 is 0 Å². The minimum atomic E-state index is -0.706. The lowest BCUT2D eigenvalue weighted by Crippen LogP contribution is -2.39. The van der Waals surface area contributed by atoms with E-state index in [2.05, 4.69) is 38.3 Å². The van der Waals surface area contributed by atoms with Gasteiger partial charge in [-0.05, 0) is 37.5 Å². The quantitative estimate of drug-likeness (QED) is 0.394. The Morgan fingerprint density at radius 1 is 1.32 bits per heavy atom. The van der Waals surface area contributed by atoms with Gasteiger partial charge in [-0.15, -0.1) is 0 Å². The molecule has 0 spiro atoms. The van der Waals surface area contributed by atoms with Gasteiger partial charge in [-0.3, -0.25) is 14.3 Å². The fourth-order valence-corrected chi connectivity index (χ4v) is 4.21. The molecular formula is C25H27N9O3. The molecule has 1 aliphatic rings. The van der Waals surface area contributed by atoms with E-state index in [0.717, 1.165) is 18.4 Å². The van der Waals surface area contributed by atoms with E-state index in [4.69, 9.17) is 10.5 Å². The van der Waals surface area contributed by atoms with Gasteiger partial charge in [0.25, 0.3) is 5.91 Å². The van der Waals surface area contributed by atoms with Gasteiger partial charge in [-0.25, -0.2) is 4.98 Å². The number of anilines is 4. The van der Waals surface area contributed by atoms with E-state index in [1.165, 1.54) is 19.4 Å². The van der Waals surface area contributed by atoms with Crippen LogP contribution in [0.5, 0.6) is 5.75 Å². The van der Waals surface area contributed by atoms with Gasteiger partial charge in [0.15, 0.2) is 0 Å². The highest BCUT2D eigenvalue weighted by atomic mass is 16.5. The smallest absolute Gasteiger partial charge is 0.254 e. The second-order valence-electron chi connectivity index (χ2n) is 8.55. The number of nitrogens with one attached hydrogen (secondary N) is 2. The lowest BCUT2D eigenvalue weighted by molar-refractivity contribution is -0.127. The Morgan fingerprint density at radius 2 is 2.14 bits per heavy atom. The number of aromatic nitrogens is 4. The van der Waals surface area contributed by atoms with Crippen LogP contribution in [0.2, 0.25) is 0 Å². The molecule has 4 N–H and O–H groups in total. The summed E-state index contributed by atoms with van der Waals surface area (Å²) >= 11 is 0.